The Morgan fingerprint density at radius 1 is 1.07 bits per heavy atom. The van der Waals surface area contributed by atoms with E-state index in [0.29, 0.717) is 4.90 Å². The van der Waals surface area contributed by atoms with E-state index in [1.807, 2.05) is 49.4 Å². The lowest BCUT2D eigenvalue weighted by Crippen LogP contribution is -2.39. The van der Waals surface area contributed by atoms with Crippen LogP contribution in [0.15, 0.2) is 59.5 Å². The molecule has 0 heterocycles. The normalized spacial score (nSPS) is 16.3. The van der Waals surface area contributed by atoms with Gasteiger partial charge in [-0.25, -0.2) is 8.93 Å². The van der Waals surface area contributed by atoms with Crippen molar-refractivity contribution in [3.05, 3.63) is 65.7 Å². The molecule has 2 aromatic rings. The molecule has 0 radical (unpaired) electrons. The molecule has 0 fully saturated rings. The predicted octanol–water partition coefficient (Wildman–Crippen LogP) is 5.57. The van der Waals surface area contributed by atoms with E-state index < -0.39 is 29.2 Å². The maximum absolute atomic E-state index is 13.5. The minimum Gasteiger partial charge on any atom is -0.308 e. The van der Waals surface area contributed by atoms with Crippen LogP contribution in [-0.2, 0) is 24.6 Å². The van der Waals surface area contributed by atoms with Gasteiger partial charge >= 0.3 is 7.60 Å². The fourth-order valence-electron chi connectivity index (χ4n) is 2.75. The Labute approximate surface area is 174 Å². The molecule has 0 bridgehead atoms. The number of aryl methyl sites for hydroxylation is 1. The first kappa shape index (κ1) is 23.3. The van der Waals surface area contributed by atoms with Crippen LogP contribution in [0.5, 0.6) is 0 Å². The van der Waals surface area contributed by atoms with Gasteiger partial charge in [0.25, 0.3) is 0 Å². The van der Waals surface area contributed by atoms with E-state index in [1.54, 1.807) is 32.9 Å². The SMILES string of the molecule is CCOP(=O)(OCC)[C@](C)(Cl)[C@H](NS(=O)c1ccc(C)cc1)c1ccccc1. The molecule has 2 aromatic carbocycles. The van der Waals surface area contributed by atoms with Crippen molar-refractivity contribution in [2.24, 2.45) is 0 Å². The third-order valence-electron chi connectivity index (χ3n) is 4.25. The van der Waals surface area contributed by atoms with Crippen LogP contribution in [0, 0.1) is 6.92 Å². The third-order valence-corrected chi connectivity index (χ3v) is 8.77. The summed E-state index contributed by atoms with van der Waals surface area (Å²) >= 11 is 6.85. The van der Waals surface area contributed by atoms with E-state index in [1.165, 1.54) is 0 Å². The Morgan fingerprint density at radius 2 is 1.61 bits per heavy atom. The van der Waals surface area contributed by atoms with E-state index >= 15 is 0 Å². The van der Waals surface area contributed by atoms with Gasteiger partial charge in [0, 0.05) is 0 Å². The van der Waals surface area contributed by atoms with Gasteiger partial charge in [-0.05, 0) is 45.4 Å². The van der Waals surface area contributed by atoms with E-state index in [4.69, 9.17) is 20.6 Å². The van der Waals surface area contributed by atoms with Crippen LogP contribution < -0.4 is 4.72 Å². The van der Waals surface area contributed by atoms with Gasteiger partial charge in [0.2, 0.25) is 0 Å². The summed E-state index contributed by atoms with van der Waals surface area (Å²) in [5.74, 6) is 0. The Balaban J connectivity index is 2.45. The van der Waals surface area contributed by atoms with Crippen LogP contribution in [0.1, 0.15) is 37.9 Å². The lowest BCUT2D eigenvalue weighted by Gasteiger charge is -2.37. The summed E-state index contributed by atoms with van der Waals surface area (Å²) in [6.45, 7) is 7.38. The maximum atomic E-state index is 13.5. The van der Waals surface area contributed by atoms with Crippen molar-refractivity contribution in [3.8, 4) is 0 Å². The van der Waals surface area contributed by atoms with E-state index in [-0.39, 0.29) is 13.2 Å². The topological polar surface area (TPSA) is 64.6 Å². The maximum Gasteiger partial charge on any atom is 0.353 e. The fraction of sp³-hybridized carbons (Fsp3) is 0.400. The average Bonchev–Trinajstić information content (AvgIpc) is 2.67. The molecular formula is C20H27ClNO4PS. The van der Waals surface area contributed by atoms with Gasteiger partial charge in [-0.1, -0.05) is 48.0 Å². The molecule has 154 valence electrons. The number of halogens is 1. The summed E-state index contributed by atoms with van der Waals surface area (Å²) in [4.78, 5) is 0.599. The largest absolute Gasteiger partial charge is 0.353 e. The first-order chi connectivity index (χ1) is 13.2. The second-order valence-corrected chi connectivity index (χ2v) is 11.1. The van der Waals surface area contributed by atoms with Crippen LogP contribution >= 0.6 is 19.2 Å². The first-order valence-corrected chi connectivity index (χ1v) is 12.2. The Morgan fingerprint density at radius 3 is 2.11 bits per heavy atom. The molecule has 0 aromatic heterocycles. The highest BCUT2D eigenvalue weighted by molar-refractivity contribution is 7.83. The Kier molecular flexibility index (Phi) is 8.44. The van der Waals surface area contributed by atoms with Crippen molar-refractivity contribution < 1.29 is 17.8 Å². The van der Waals surface area contributed by atoms with Crippen molar-refractivity contribution in [3.63, 3.8) is 0 Å². The second-order valence-electron chi connectivity index (χ2n) is 6.40. The van der Waals surface area contributed by atoms with Gasteiger partial charge < -0.3 is 9.05 Å². The molecule has 8 heteroatoms. The zero-order valence-electron chi connectivity index (χ0n) is 16.6. The van der Waals surface area contributed by atoms with Gasteiger partial charge in [-0.15, -0.1) is 11.6 Å². The molecule has 0 aliphatic rings. The standard InChI is InChI=1S/C20H27ClNO4PS/c1-5-25-27(23,26-6-2)20(4,21)19(17-10-8-7-9-11-17)22-28(24)18-14-12-16(3)13-15-18/h7-15,19,22H,5-6H2,1-4H3/t19-,20+,28?/m1/s1. The number of rotatable bonds is 10. The third kappa shape index (κ3) is 5.32. The number of hydrogen-bond acceptors (Lipinski definition) is 4. The number of nitrogens with one attached hydrogen (secondary N) is 1. The predicted molar refractivity (Wildman–Crippen MR) is 115 cm³/mol. The molecule has 5 nitrogen and oxygen atoms in total. The molecule has 28 heavy (non-hydrogen) atoms. The fourth-order valence-corrected chi connectivity index (χ4v) is 6.27. The number of alkyl halides is 1. The Bertz CT molecular complexity index is 820. The van der Waals surface area contributed by atoms with Crippen molar-refractivity contribution in [1.82, 2.24) is 4.72 Å². The molecule has 1 unspecified atom stereocenters. The first-order valence-electron chi connectivity index (χ1n) is 9.12. The molecule has 3 atom stereocenters. The molecule has 0 aliphatic carbocycles. The molecule has 0 aliphatic heterocycles. The molecule has 0 saturated heterocycles. The second kappa shape index (κ2) is 10.1. The number of benzene rings is 2. The molecule has 0 amide bonds. The molecule has 0 spiro atoms. The Hall–Kier alpha value is -1.01. The van der Waals surface area contributed by atoms with Gasteiger partial charge in [-0.3, -0.25) is 4.57 Å². The van der Waals surface area contributed by atoms with Crippen molar-refractivity contribution in [1.29, 1.82) is 0 Å². The lowest BCUT2D eigenvalue weighted by molar-refractivity contribution is 0.204. The summed E-state index contributed by atoms with van der Waals surface area (Å²) in [6.07, 6.45) is 0. The summed E-state index contributed by atoms with van der Waals surface area (Å²) < 4.78 is 39.1. The van der Waals surface area contributed by atoms with Gasteiger partial charge in [0.05, 0.1) is 24.2 Å². The summed E-state index contributed by atoms with van der Waals surface area (Å²) in [5.41, 5.74) is 1.81. The van der Waals surface area contributed by atoms with Gasteiger partial charge in [-0.2, -0.15) is 0 Å². The minimum atomic E-state index is -3.73. The minimum absolute atomic E-state index is 0.183. The van der Waals surface area contributed by atoms with Crippen LogP contribution in [0.4, 0.5) is 0 Å². The molecule has 0 saturated carbocycles. The van der Waals surface area contributed by atoms with E-state index in [0.717, 1.165) is 11.1 Å². The van der Waals surface area contributed by atoms with Crippen LogP contribution in [0.2, 0.25) is 0 Å². The van der Waals surface area contributed by atoms with Crippen molar-refractivity contribution >= 4 is 30.2 Å². The van der Waals surface area contributed by atoms with E-state index in [2.05, 4.69) is 4.72 Å². The molecular weight excluding hydrogens is 417 g/mol. The zero-order chi connectivity index (χ0) is 20.8. The zero-order valence-corrected chi connectivity index (χ0v) is 19.0. The highest BCUT2D eigenvalue weighted by Crippen LogP contribution is 2.66. The number of hydrogen-bond donors (Lipinski definition) is 1. The van der Waals surface area contributed by atoms with Gasteiger partial charge in [0.1, 0.15) is 11.0 Å². The van der Waals surface area contributed by atoms with Crippen molar-refractivity contribution in [2.75, 3.05) is 13.2 Å². The van der Waals surface area contributed by atoms with Crippen molar-refractivity contribution in [2.45, 2.75) is 43.2 Å². The van der Waals surface area contributed by atoms with Crippen LogP contribution in [0.3, 0.4) is 0 Å². The average molecular weight is 444 g/mol. The smallest absolute Gasteiger partial charge is 0.308 e. The van der Waals surface area contributed by atoms with Crippen LogP contribution in [-0.4, -0.2) is 22.0 Å². The highest BCUT2D eigenvalue weighted by atomic mass is 35.5. The lowest BCUT2D eigenvalue weighted by atomic mass is 10.1. The quantitative estimate of drug-likeness (QED) is 0.385. The van der Waals surface area contributed by atoms with Gasteiger partial charge in [0.15, 0.2) is 4.62 Å². The van der Waals surface area contributed by atoms with E-state index in [9.17, 15) is 8.77 Å². The highest BCUT2D eigenvalue weighted by Gasteiger charge is 2.52. The molecule has 2 rings (SSSR count). The summed E-state index contributed by atoms with van der Waals surface area (Å²) in [5, 5.41) is 0. The van der Waals surface area contributed by atoms with Crippen LogP contribution in [0.25, 0.3) is 0 Å². The monoisotopic (exact) mass is 443 g/mol. The molecule has 1 N–H and O–H groups in total. The summed E-state index contributed by atoms with van der Waals surface area (Å²) in [6, 6.07) is 15.8. The summed E-state index contributed by atoms with van der Waals surface area (Å²) in [7, 11) is -5.31.